The third-order valence-electron chi connectivity index (χ3n) is 3.58. The fourth-order valence-electron chi connectivity index (χ4n) is 2.39. The normalized spacial score (nSPS) is 12.0. The highest BCUT2D eigenvalue weighted by molar-refractivity contribution is 5.68. The molecule has 0 aliphatic rings. The number of nitrogens with one attached hydrogen (secondary N) is 1. The van der Waals surface area contributed by atoms with Gasteiger partial charge < -0.3 is 14.8 Å². The fraction of sp³-hybridized carbons (Fsp3) is 0.333. The lowest BCUT2D eigenvalue weighted by Crippen LogP contribution is -2.17. The molecule has 2 aromatic carbocycles. The van der Waals surface area contributed by atoms with E-state index in [1.165, 1.54) is 5.56 Å². The number of hydrogen-bond acceptors (Lipinski definition) is 3. The standard InChI is InChI=1S/C18H23NO2/c1-5-19-13(2)14-7-6-8-15(9-14)16-10-17(20-3)12-18(11-16)21-4/h6-13,19H,5H2,1-4H3. The number of benzene rings is 2. The first kappa shape index (κ1) is 15.4. The zero-order chi connectivity index (χ0) is 15.2. The summed E-state index contributed by atoms with van der Waals surface area (Å²) in [7, 11) is 3.34. The molecular formula is C18H23NO2. The number of hydrogen-bond donors (Lipinski definition) is 1. The van der Waals surface area contributed by atoms with Crippen molar-refractivity contribution >= 4 is 0 Å². The Labute approximate surface area is 126 Å². The van der Waals surface area contributed by atoms with E-state index >= 15 is 0 Å². The number of methoxy groups -OCH3 is 2. The Morgan fingerprint density at radius 2 is 1.62 bits per heavy atom. The maximum absolute atomic E-state index is 5.34. The molecule has 0 heterocycles. The molecule has 0 aromatic heterocycles. The molecule has 1 N–H and O–H groups in total. The Kier molecular flexibility index (Phi) is 5.23. The lowest BCUT2D eigenvalue weighted by molar-refractivity contribution is 0.394. The molecule has 0 bridgehead atoms. The summed E-state index contributed by atoms with van der Waals surface area (Å²) in [6, 6.07) is 14.8. The molecule has 0 radical (unpaired) electrons. The van der Waals surface area contributed by atoms with Gasteiger partial charge in [0.2, 0.25) is 0 Å². The topological polar surface area (TPSA) is 30.5 Å². The maximum Gasteiger partial charge on any atom is 0.123 e. The van der Waals surface area contributed by atoms with Crippen molar-refractivity contribution in [2.24, 2.45) is 0 Å². The molecule has 0 saturated heterocycles. The third-order valence-corrected chi connectivity index (χ3v) is 3.58. The van der Waals surface area contributed by atoms with Gasteiger partial charge in [-0.25, -0.2) is 0 Å². The van der Waals surface area contributed by atoms with E-state index in [1.54, 1.807) is 14.2 Å². The molecule has 0 fully saturated rings. The van der Waals surface area contributed by atoms with Gasteiger partial charge in [-0.05, 0) is 48.4 Å². The summed E-state index contributed by atoms with van der Waals surface area (Å²) < 4.78 is 10.7. The minimum atomic E-state index is 0.336. The summed E-state index contributed by atoms with van der Waals surface area (Å²) in [6.07, 6.45) is 0. The van der Waals surface area contributed by atoms with Crippen LogP contribution >= 0.6 is 0 Å². The molecule has 0 aliphatic carbocycles. The van der Waals surface area contributed by atoms with Crippen LogP contribution < -0.4 is 14.8 Å². The quantitative estimate of drug-likeness (QED) is 0.869. The SMILES string of the molecule is CCNC(C)c1cccc(-c2cc(OC)cc(OC)c2)c1. The van der Waals surface area contributed by atoms with Crippen LogP contribution in [-0.4, -0.2) is 20.8 Å². The minimum Gasteiger partial charge on any atom is -0.497 e. The zero-order valence-corrected chi connectivity index (χ0v) is 13.1. The zero-order valence-electron chi connectivity index (χ0n) is 13.1. The molecule has 112 valence electrons. The van der Waals surface area contributed by atoms with Crippen molar-refractivity contribution < 1.29 is 9.47 Å². The van der Waals surface area contributed by atoms with Crippen molar-refractivity contribution in [1.29, 1.82) is 0 Å². The van der Waals surface area contributed by atoms with Crippen LogP contribution in [0.1, 0.15) is 25.5 Å². The summed E-state index contributed by atoms with van der Waals surface area (Å²) in [6.45, 7) is 5.25. The van der Waals surface area contributed by atoms with Crippen LogP contribution in [-0.2, 0) is 0 Å². The van der Waals surface area contributed by atoms with Gasteiger partial charge in [0.25, 0.3) is 0 Å². The van der Waals surface area contributed by atoms with Crippen molar-refractivity contribution in [1.82, 2.24) is 5.32 Å². The van der Waals surface area contributed by atoms with Gasteiger partial charge in [0.05, 0.1) is 14.2 Å². The average molecular weight is 285 g/mol. The molecular weight excluding hydrogens is 262 g/mol. The molecule has 2 aromatic rings. The van der Waals surface area contributed by atoms with E-state index in [0.717, 1.165) is 29.2 Å². The predicted molar refractivity (Wildman–Crippen MR) is 87.1 cm³/mol. The molecule has 3 nitrogen and oxygen atoms in total. The molecule has 0 aliphatic heterocycles. The molecule has 3 heteroatoms. The summed E-state index contributed by atoms with van der Waals surface area (Å²) in [5, 5.41) is 3.44. The van der Waals surface area contributed by atoms with E-state index in [-0.39, 0.29) is 0 Å². The van der Waals surface area contributed by atoms with Gasteiger partial charge in [0.1, 0.15) is 11.5 Å². The van der Waals surface area contributed by atoms with Crippen molar-refractivity contribution in [3.05, 3.63) is 48.0 Å². The fourth-order valence-corrected chi connectivity index (χ4v) is 2.39. The van der Waals surface area contributed by atoms with Gasteiger partial charge in [-0.15, -0.1) is 0 Å². The molecule has 2 rings (SSSR count). The second-order valence-corrected chi connectivity index (χ2v) is 5.01. The minimum absolute atomic E-state index is 0.336. The van der Waals surface area contributed by atoms with Crippen LogP contribution in [0.4, 0.5) is 0 Å². The van der Waals surface area contributed by atoms with E-state index in [9.17, 15) is 0 Å². The van der Waals surface area contributed by atoms with Crippen LogP contribution in [0.15, 0.2) is 42.5 Å². The van der Waals surface area contributed by atoms with Gasteiger partial charge in [-0.2, -0.15) is 0 Å². The summed E-state index contributed by atoms with van der Waals surface area (Å²) in [4.78, 5) is 0. The van der Waals surface area contributed by atoms with E-state index < -0.39 is 0 Å². The monoisotopic (exact) mass is 285 g/mol. The summed E-state index contributed by atoms with van der Waals surface area (Å²) >= 11 is 0. The Hall–Kier alpha value is -2.00. The second-order valence-electron chi connectivity index (χ2n) is 5.01. The highest BCUT2D eigenvalue weighted by Gasteiger charge is 2.08. The molecule has 0 saturated carbocycles. The van der Waals surface area contributed by atoms with Crippen LogP contribution in [0.2, 0.25) is 0 Å². The Bertz CT molecular complexity index is 573. The lowest BCUT2D eigenvalue weighted by atomic mass is 9.99. The van der Waals surface area contributed by atoms with E-state index in [4.69, 9.17) is 9.47 Å². The van der Waals surface area contributed by atoms with Crippen molar-refractivity contribution in [2.75, 3.05) is 20.8 Å². The first-order valence-corrected chi connectivity index (χ1v) is 7.24. The smallest absolute Gasteiger partial charge is 0.123 e. The number of rotatable bonds is 6. The second kappa shape index (κ2) is 7.14. The predicted octanol–water partition coefficient (Wildman–Crippen LogP) is 4.04. The van der Waals surface area contributed by atoms with Gasteiger partial charge in [0.15, 0.2) is 0 Å². The van der Waals surface area contributed by atoms with Crippen LogP contribution in [0.3, 0.4) is 0 Å². The van der Waals surface area contributed by atoms with E-state index in [0.29, 0.717) is 6.04 Å². The summed E-state index contributed by atoms with van der Waals surface area (Å²) in [5.41, 5.74) is 3.53. The lowest BCUT2D eigenvalue weighted by Gasteiger charge is -2.14. The molecule has 1 unspecified atom stereocenters. The highest BCUT2D eigenvalue weighted by Crippen LogP contribution is 2.30. The Morgan fingerprint density at radius 1 is 0.952 bits per heavy atom. The van der Waals surface area contributed by atoms with E-state index in [1.807, 2.05) is 18.2 Å². The van der Waals surface area contributed by atoms with Gasteiger partial charge in [0, 0.05) is 12.1 Å². The van der Waals surface area contributed by atoms with Crippen molar-refractivity contribution in [3.8, 4) is 22.6 Å². The van der Waals surface area contributed by atoms with Crippen LogP contribution in [0.5, 0.6) is 11.5 Å². The number of ether oxygens (including phenoxy) is 2. The van der Waals surface area contributed by atoms with Crippen LogP contribution in [0, 0.1) is 0 Å². The molecule has 1 atom stereocenters. The van der Waals surface area contributed by atoms with Gasteiger partial charge in [-0.1, -0.05) is 25.1 Å². The van der Waals surface area contributed by atoms with Gasteiger partial charge in [-0.3, -0.25) is 0 Å². The first-order valence-electron chi connectivity index (χ1n) is 7.24. The van der Waals surface area contributed by atoms with Crippen molar-refractivity contribution in [2.45, 2.75) is 19.9 Å². The summed E-state index contributed by atoms with van der Waals surface area (Å²) in [5.74, 6) is 1.60. The average Bonchev–Trinajstić information content (AvgIpc) is 2.54. The Balaban J connectivity index is 2.39. The third kappa shape index (κ3) is 3.76. The maximum atomic E-state index is 5.34. The van der Waals surface area contributed by atoms with Crippen molar-refractivity contribution in [3.63, 3.8) is 0 Å². The molecule has 21 heavy (non-hydrogen) atoms. The first-order chi connectivity index (χ1) is 10.2. The largest absolute Gasteiger partial charge is 0.497 e. The Morgan fingerprint density at radius 3 is 2.19 bits per heavy atom. The van der Waals surface area contributed by atoms with E-state index in [2.05, 4.69) is 43.4 Å². The molecule has 0 spiro atoms. The van der Waals surface area contributed by atoms with Crippen LogP contribution in [0.25, 0.3) is 11.1 Å². The highest BCUT2D eigenvalue weighted by atomic mass is 16.5. The van der Waals surface area contributed by atoms with Gasteiger partial charge >= 0.3 is 0 Å². The molecule has 0 amide bonds.